The van der Waals surface area contributed by atoms with E-state index in [4.69, 9.17) is 5.73 Å². The molecule has 1 rings (SSSR count). The second-order valence-electron chi connectivity index (χ2n) is 2.07. The summed E-state index contributed by atoms with van der Waals surface area (Å²) in [5, 5.41) is 0. The number of nitrogens with two attached hydrogens (primary N) is 1. The Bertz CT molecular complexity index is 386. The van der Waals surface area contributed by atoms with Crippen LogP contribution in [0.1, 0.15) is 5.56 Å². The lowest BCUT2D eigenvalue weighted by Gasteiger charge is -1.89. The van der Waals surface area contributed by atoms with Gasteiger partial charge in [0.05, 0.1) is 12.1 Å². The van der Waals surface area contributed by atoms with Crippen molar-refractivity contribution in [1.82, 2.24) is 4.98 Å². The third-order valence-electron chi connectivity index (χ3n) is 1.19. The first-order valence-corrected chi connectivity index (χ1v) is 4.10. The molecule has 0 atom stereocenters. The van der Waals surface area contributed by atoms with Crippen molar-refractivity contribution in [3.8, 4) is 11.8 Å². The van der Waals surface area contributed by atoms with E-state index in [9.17, 15) is 4.79 Å². The average Bonchev–Trinajstić information content (AvgIpc) is 2.07. The summed E-state index contributed by atoms with van der Waals surface area (Å²) in [5.41, 5.74) is 5.40. The van der Waals surface area contributed by atoms with Crippen molar-refractivity contribution >= 4 is 15.9 Å². The molecule has 0 unspecified atom stereocenters. The van der Waals surface area contributed by atoms with Gasteiger partial charge in [0.1, 0.15) is 0 Å². The summed E-state index contributed by atoms with van der Waals surface area (Å²) in [6.07, 6.45) is 1.57. The fraction of sp³-hybridized carbons (Fsp3) is 0.125. The molecule has 0 radical (unpaired) electrons. The van der Waals surface area contributed by atoms with E-state index in [1.54, 1.807) is 12.3 Å². The van der Waals surface area contributed by atoms with Crippen LogP contribution in [0.5, 0.6) is 0 Å². The minimum atomic E-state index is -0.195. The van der Waals surface area contributed by atoms with Crippen molar-refractivity contribution in [2.45, 2.75) is 0 Å². The highest BCUT2D eigenvalue weighted by Crippen LogP contribution is 2.05. The normalized spacial score (nSPS) is 8.83. The van der Waals surface area contributed by atoms with Crippen LogP contribution in [0.4, 0.5) is 0 Å². The summed E-state index contributed by atoms with van der Waals surface area (Å²) in [6.45, 7) is 0.256. The van der Waals surface area contributed by atoms with Gasteiger partial charge >= 0.3 is 0 Å². The van der Waals surface area contributed by atoms with Gasteiger partial charge in [-0.25, -0.2) is 0 Å². The molecule has 1 aromatic rings. The second-order valence-corrected chi connectivity index (χ2v) is 2.98. The molecule has 0 aromatic carbocycles. The molecule has 0 spiro atoms. The fourth-order valence-electron chi connectivity index (χ4n) is 0.696. The summed E-state index contributed by atoms with van der Waals surface area (Å²) >= 11 is 3.22. The Morgan fingerprint density at radius 1 is 1.67 bits per heavy atom. The van der Waals surface area contributed by atoms with Gasteiger partial charge in [-0.1, -0.05) is 11.8 Å². The molecular formula is C8H7BrN2O. The first-order valence-electron chi connectivity index (χ1n) is 3.31. The number of hydrogen-bond acceptors (Lipinski definition) is 2. The third-order valence-corrected chi connectivity index (χ3v) is 1.65. The van der Waals surface area contributed by atoms with Gasteiger partial charge in [-0.05, 0) is 22.0 Å². The predicted octanol–water partition coefficient (Wildman–Crippen LogP) is 0.448. The molecule has 0 fully saturated rings. The molecule has 0 saturated carbocycles. The van der Waals surface area contributed by atoms with Gasteiger partial charge in [0.2, 0.25) is 0 Å². The minimum absolute atomic E-state index is 0.195. The predicted molar refractivity (Wildman–Crippen MR) is 50.7 cm³/mol. The Morgan fingerprint density at radius 3 is 3.08 bits per heavy atom. The summed E-state index contributed by atoms with van der Waals surface area (Å²) in [5.74, 6) is 5.27. The van der Waals surface area contributed by atoms with Crippen molar-refractivity contribution in [2.75, 3.05) is 6.54 Å². The zero-order valence-electron chi connectivity index (χ0n) is 6.23. The molecule has 0 saturated heterocycles. The van der Waals surface area contributed by atoms with Crippen molar-refractivity contribution in [2.24, 2.45) is 5.73 Å². The number of hydrogen-bond donors (Lipinski definition) is 2. The number of pyridine rings is 1. The summed E-state index contributed by atoms with van der Waals surface area (Å²) in [7, 11) is 0. The first-order chi connectivity index (χ1) is 5.74. The molecule has 0 bridgehead atoms. The molecule has 0 amide bonds. The Balaban J connectivity index is 3.14. The van der Waals surface area contributed by atoms with Crippen LogP contribution < -0.4 is 11.3 Å². The zero-order valence-corrected chi connectivity index (χ0v) is 7.81. The maximum atomic E-state index is 11.1. The van der Waals surface area contributed by atoms with Crippen LogP contribution in [0.25, 0.3) is 0 Å². The van der Waals surface area contributed by atoms with Crippen LogP contribution in [-0.4, -0.2) is 11.5 Å². The lowest BCUT2D eigenvalue weighted by Crippen LogP contribution is -2.08. The molecule has 12 heavy (non-hydrogen) atoms. The number of aromatic amines is 1. The van der Waals surface area contributed by atoms with Gasteiger partial charge in [0.15, 0.2) is 0 Å². The fourth-order valence-corrected chi connectivity index (χ4v) is 1.04. The van der Waals surface area contributed by atoms with E-state index in [0.29, 0.717) is 5.56 Å². The smallest absolute Gasteiger partial charge is 0.263 e. The molecular weight excluding hydrogens is 220 g/mol. The number of nitrogens with one attached hydrogen (secondary N) is 1. The minimum Gasteiger partial charge on any atom is -0.327 e. The standard InChI is InChI=1S/C8H7BrN2O/c9-7-4-6(2-1-3-10)8(12)11-5-7/h4-5H,3,10H2,(H,11,12). The number of H-pyrrole nitrogens is 1. The van der Waals surface area contributed by atoms with Crippen molar-refractivity contribution in [1.29, 1.82) is 0 Å². The van der Waals surface area contributed by atoms with Gasteiger partial charge < -0.3 is 10.7 Å². The molecule has 0 aliphatic rings. The molecule has 3 N–H and O–H groups in total. The Labute approximate surface area is 78.1 Å². The molecule has 4 heteroatoms. The van der Waals surface area contributed by atoms with Gasteiger partial charge in [-0.2, -0.15) is 0 Å². The van der Waals surface area contributed by atoms with Crippen LogP contribution >= 0.6 is 15.9 Å². The van der Waals surface area contributed by atoms with E-state index >= 15 is 0 Å². The van der Waals surface area contributed by atoms with E-state index in [1.165, 1.54) is 0 Å². The van der Waals surface area contributed by atoms with E-state index in [2.05, 4.69) is 32.8 Å². The lowest BCUT2D eigenvalue weighted by molar-refractivity contribution is 1.21. The second kappa shape index (κ2) is 4.10. The topological polar surface area (TPSA) is 58.9 Å². The molecule has 0 aliphatic heterocycles. The Hall–Kier alpha value is -1.05. The first kappa shape index (κ1) is 9.04. The van der Waals surface area contributed by atoms with Gasteiger partial charge in [0.25, 0.3) is 5.56 Å². The van der Waals surface area contributed by atoms with Crippen LogP contribution in [0.2, 0.25) is 0 Å². The zero-order chi connectivity index (χ0) is 8.97. The van der Waals surface area contributed by atoms with Crippen molar-refractivity contribution in [3.05, 3.63) is 32.7 Å². The summed E-state index contributed by atoms with van der Waals surface area (Å²) in [4.78, 5) is 13.6. The maximum absolute atomic E-state index is 11.1. The highest BCUT2D eigenvalue weighted by atomic mass is 79.9. The third kappa shape index (κ3) is 2.22. The monoisotopic (exact) mass is 226 g/mol. The lowest BCUT2D eigenvalue weighted by atomic mass is 10.3. The molecule has 1 heterocycles. The van der Waals surface area contributed by atoms with Crippen LogP contribution in [0.3, 0.4) is 0 Å². The quantitative estimate of drug-likeness (QED) is 0.632. The van der Waals surface area contributed by atoms with Crippen LogP contribution in [0.15, 0.2) is 21.5 Å². The van der Waals surface area contributed by atoms with Crippen molar-refractivity contribution in [3.63, 3.8) is 0 Å². The van der Waals surface area contributed by atoms with E-state index in [1.807, 2.05) is 0 Å². The van der Waals surface area contributed by atoms with Gasteiger partial charge in [-0.15, -0.1) is 0 Å². The van der Waals surface area contributed by atoms with Crippen LogP contribution in [0, 0.1) is 11.8 Å². The molecule has 62 valence electrons. The summed E-state index contributed by atoms with van der Waals surface area (Å²) in [6, 6.07) is 1.65. The SMILES string of the molecule is NCC#Cc1cc(Br)c[nH]c1=O. The van der Waals surface area contributed by atoms with E-state index < -0.39 is 0 Å². The van der Waals surface area contributed by atoms with Crippen molar-refractivity contribution < 1.29 is 0 Å². The van der Waals surface area contributed by atoms with E-state index in [0.717, 1.165) is 4.47 Å². The number of aromatic nitrogens is 1. The largest absolute Gasteiger partial charge is 0.327 e. The van der Waals surface area contributed by atoms with E-state index in [-0.39, 0.29) is 12.1 Å². The van der Waals surface area contributed by atoms with Gasteiger partial charge in [0, 0.05) is 10.7 Å². The average molecular weight is 227 g/mol. The number of rotatable bonds is 0. The van der Waals surface area contributed by atoms with Gasteiger partial charge in [-0.3, -0.25) is 4.79 Å². The maximum Gasteiger partial charge on any atom is 0.263 e. The molecule has 3 nitrogen and oxygen atoms in total. The number of halogens is 1. The molecule has 1 aromatic heterocycles. The highest BCUT2D eigenvalue weighted by Gasteiger charge is 1.94. The Kier molecular flexibility index (Phi) is 3.09. The summed E-state index contributed by atoms with van der Waals surface area (Å²) < 4.78 is 0.795. The Morgan fingerprint density at radius 2 is 2.42 bits per heavy atom. The highest BCUT2D eigenvalue weighted by molar-refractivity contribution is 9.10. The molecule has 0 aliphatic carbocycles. The van der Waals surface area contributed by atoms with Crippen LogP contribution in [-0.2, 0) is 0 Å².